The molecular weight excluding hydrogens is 308 g/mol. The number of carbonyl (C=O) groups excluding carboxylic acids is 1. The molecule has 2 N–H and O–H groups in total. The van der Waals surface area contributed by atoms with Gasteiger partial charge in [0.05, 0.1) is 12.0 Å². The van der Waals surface area contributed by atoms with Gasteiger partial charge in [-0.15, -0.1) is 22.7 Å². The van der Waals surface area contributed by atoms with Crippen LogP contribution < -0.4 is 15.6 Å². The molecule has 0 saturated heterocycles. The topological polar surface area (TPSA) is 76.1 Å². The molecule has 1 amide bonds. The van der Waals surface area contributed by atoms with Gasteiger partial charge in [-0.1, -0.05) is 0 Å². The molecule has 3 aromatic heterocycles. The fourth-order valence-electron chi connectivity index (χ4n) is 1.79. The predicted octanol–water partition coefficient (Wildman–Crippen LogP) is 2.91. The van der Waals surface area contributed by atoms with Gasteiger partial charge in [0.1, 0.15) is 21.8 Å². The van der Waals surface area contributed by atoms with E-state index in [4.69, 9.17) is 4.74 Å². The number of carbonyl (C=O) groups is 1. The summed E-state index contributed by atoms with van der Waals surface area (Å²) in [5, 5.41) is 4.62. The van der Waals surface area contributed by atoms with E-state index in [0.717, 1.165) is 10.2 Å². The van der Waals surface area contributed by atoms with Crippen LogP contribution in [0.25, 0.3) is 10.2 Å². The lowest BCUT2D eigenvalue weighted by atomic mass is 10.4. The number of rotatable bonds is 5. The molecule has 0 bridgehead atoms. The van der Waals surface area contributed by atoms with Gasteiger partial charge in [-0.05, 0) is 29.8 Å². The van der Waals surface area contributed by atoms with Gasteiger partial charge in [-0.3, -0.25) is 15.6 Å². The van der Waals surface area contributed by atoms with Gasteiger partial charge < -0.3 is 4.74 Å². The van der Waals surface area contributed by atoms with Gasteiger partial charge in [0.2, 0.25) is 0 Å². The van der Waals surface area contributed by atoms with E-state index in [9.17, 15) is 4.79 Å². The van der Waals surface area contributed by atoms with Crippen LogP contribution in [0.3, 0.4) is 0 Å². The first-order valence-electron chi connectivity index (χ1n) is 6.24. The van der Waals surface area contributed by atoms with E-state index in [0.29, 0.717) is 23.1 Å². The average Bonchev–Trinajstić information content (AvgIpc) is 3.13. The Hall–Kier alpha value is -2.19. The third kappa shape index (κ3) is 2.81. The third-order valence-electron chi connectivity index (χ3n) is 2.69. The molecule has 6 nitrogen and oxygen atoms in total. The van der Waals surface area contributed by atoms with Crippen molar-refractivity contribution in [3.05, 3.63) is 34.1 Å². The second kappa shape index (κ2) is 6.06. The van der Waals surface area contributed by atoms with E-state index >= 15 is 0 Å². The summed E-state index contributed by atoms with van der Waals surface area (Å²) in [7, 11) is 0. The number of ether oxygens (including phenoxy) is 1. The zero-order chi connectivity index (χ0) is 14.7. The van der Waals surface area contributed by atoms with Crippen LogP contribution in [0.1, 0.15) is 16.6 Å². The Balaban J connectivity index is 1.74. The molecule has 0 atom stereocenters. The molecule has 0 aromatic carbocycles. The lowest BCUT2D eigenvalue weighted by Gasteiger charge is -2.08. The molecule has 21 heavy (non-hydrogen) atoms. The Morgan fingerprint density at radius 3 is 3.00 bits per heavy atom. The second-order valence-corrected chi connectivity index (χ2v) is 5.80. The van der Waals surface area contributed by atoms with Crippen molar-refractivity contribution in [2.75, 3.05) is 12.0 Å². The minimum Gasteiger partial charge on any atom is -0.492 e. The Bertz CT molecular complexity index is 768. The predicted molar refractivity (Wildman–Crippen MR) is 84.0 cm³/mol. The lowest BCUT2D eigenvalue weighted by molar-refractivity contribution is 0.0963. The number of anilines is 1. The molecule has 0 spiro atoms. The highest BCUT2D eigenvalue weighted by atomic mass is 32.1. The average molecular weight is 320 g/mol. The highest BCUT2D eigenvalue weighted by Crippen LogP contribution is 2.25. The van der Waals surface area contributed by atoms with Gasteiger partial charge >= 0.3 is 0 Å². The molecule has 8 heteroatoms. The first kappa shape index (κ1) is 13.8. The third-order valence-corrected chi connectivity index (χ3v) is 4.41. The van der Waals surface area contributed by atoms with Gasteiger partial charge in [0, 0.05) is 0 Å². The Kier molecular flexibility index (Phi) is 3.98. The normalized spacial score (nSPS) is 10.5. The molecule has 0 aliphatic carbocycles. The maximum Gasteiger partial charge on any atom is 0.283 e. The molecule has 3 rings (SSSR count). The van der Waals surface area contributed by atoms with Crippen molar-refractivity contribution in [1.29, 1.82) is 0 Å². The summed E-state index contributed by atoms with van der Waals surface area (Å²) in [4.78, 5) is 21.8. The summed E-state index contributed by atoms with van der Waals surface area (Å²) < 4.78 is 5.41. The molecule has 108 valence electrons. The fraction of sp³-hybridized carbons (Fsp3) is 0.154. The molecule has 3 heterocycles. The standard InChI is InChI=1S/C13H12N4O2S2/c1-2-19-9-4-6-20-10(9)12(18)17-16-11-8-3-5-21-13(8)15-7-14-11/h3-7H,2H2,1H3,(H,17,18)(H,14,15,16). The van der Waals surface area contributed by atoms with Crippen LogP contribution >= 0.6 is 22.7 Å². The summed E-state index contributed by atoms with van der Waals surface area (Å²) in [5.74, 6) is 0.907. The van der Waals surface area contributed by atoms with E-state index < -0.39 is 0 Å². The van der Waals surface area contributed by atoms with Crippen LogP contribution in [0.15, 0.2) is 29.2 Å². The molecule has 0 aliphatic rings. The molecular formula is C13H12N4O2S2. The second-order valence-electron chi connectivity index (χ2n) is 3.99. The molecule has 0 saturated carbocycles. The first-order valence-corrected chi connectivity index (χ1v) is 8.00. The van der Waals surface area contributed by atoms with Crippen molar-refractivity contribution < 1.29 is 9.53 Å². The van der Waals surface area contributed by atoms with E-state index in [1.54, 1.807) is 6.07 Å². The number of aromatic nitrogens is 2. The Labute approximate surface area is 128 Å². The summed E-state index contributed by atoms with van der Waals surface area (Å²) in [6.45, 7) is 2.40. The van der Waals surface area contributed by atoms with Gasteiger partial charge in [-0.2, -0.15) is 0 Å². The summed E-state index contributed by atoms with van der Waals surface area (Å²) in [6, 6.07) is 3.69. The highest BCUT2D eigenvalue weighted by Gasteiger charge is 2.14. The van der Waals surface area contributed by atoms with Crippen LogP contribution in [-0.2, 0) is 0 Å². The monoisotopic (exact) mass is 320 g/mol. The van der Waals surface area contributed by atoms with Crippen LogP contribution in [0, 0.1) is 0 Å². The van der Waals surface area contributed by atoms with Crippen molar-refractivity contribution in [3.63, 3.8) is 0 Å². The van der Waals surface area contributed by atoms with Crippen LogP contribution in [-0.4, -0.2) is 22.5 Å². The maximum absolute atomic E-state index is 12.2. The zero-order valence-corrected chi connectivity index (χ0v) is 12.8. The number of fused-ring (bicyclic) bond motifs is 1. The van der Waals surface area contributed by atoms with Crippen LogP contribution in [0.4, 0.5) is 5.82 Å². The smallest absolute Gasteiger partial charge is 0.283 e. The number of hydrogen-bond donors (Lipinski definition) is 2. The molecule has 0 unspecified atom stereocenters. The quantitative estimate of drug-likeness (QED) is 0.707. The molecule has 3 aromatic rings. The van der Waals surface area contributed by atoms with Crippen molar-refractivity contribution >= 4 is 44.6 Å². The van der Waals surface area contributed by atoms with E-state index in [1.165, 1.54) is 29.0 Å². The maximum atomic E-state index is 12.2. The minimum absolute atomic E-state index is 0.254. The number of nitrogens with zero attached hydrogens (tertiary/aromatic N) is 2. The van der Waals surface area contributed by atoms with E-state index in [2.05, 4.69) is 20.8 Å². The largest absolute Gasteiger partial charge is 0.492 e. The van der Waals surface area contributed by atoms with Crippen molar-refractivity contribution in [2.24, 2.45) is 0 Å². The Morgan fingerprint density at radius 1 is 1.29 bits per heavy atom. The number of hydrogen-bond acceptors (Lipinski definition) is 7. The molecule has 0 aliphatic heterocycles. The van der Waals surface area contributed by atoms with Gasteiger partial charge in [-0.25, -0.2) is 9.97 Å². The number of nitrogens with one attached hydrogen (secondary N) is 2. The van der Waals surface area contributed by atoms with Crippen molar-refractivity contribution in [3.8, 4) is 5.75 Å². The van der Waals surface area contributed by atoms with E-state index in [1.807, 2.05) is 23.8 Å². The number of hydrazine groups is 1. The molecule has 0 fully saturated rings. The van der Waals surface area contributed by atoms with E-state index in [-0.39, 0.29) is 5.91 Å². The number of thiophene rings is 2. The van der Waals surface area contributed by atoms with Gasteiger partial charge in [0.15, 0.2) is 5.82 Å². The summed E-state index contributed by atoms with van der Waals surface area (Å²) in [6.07, 6.45) is 1.46. The first-order chi connectivity index (χ1) is 10.3. The highest BCUT2D eigenvalue weighted by molar-refractivity contribution is 7.16. The van der Waals surface area contributed by atoms with Crippen molar-refractivity contribution in [1.82, 2.24) is 15.4 Å². The lowest BCUT2D eigenvalue weighted by Crippen LogP contribution is -2.29. The summed E-state index contributed by atoms with van der Waals surface area (Å²) >= 11 is 2.85. The minimum atomic E-state index is -0.254. The SMILES string of the molecule is CCOc1ccsc1C(=O)NNc1ncnc2sccc12. The van der Waals surface area contributed by atoms with Gasteiger partial charge in [0.25, 0.3) is 5.91 Å². The zero-order valence-electron chi connectivity index (χ0n) is 11.1. The molecule has 0 radical (unpaired) electrons. The number of amides is 1. The summed E-state index contributed by atoms with van der Waals surface area (Å²) in [5.41, 5.74) is 5.48. The van der Waals surface area contributed by atoms with Crippen LogP contribution in [0.2, 0.25) is 0 Å². The van der Waals surface area contributed by atoms with Crippen LogP contribution in [0.5, 0.6) is 5.75 Å². The van der Waals surface area contributed by atoms with Crippen molar-refractivity contribution in [2.45, 2.75) is 6.92 Å². The Morgan fingerprint density at radius 2 is 2.14 bits per heavy atom. The fourth-order valence-corrected chi connectivity index (χ4v) is 3.26.